The molecule has 0 aliphatic heterocycles. The Kier molecular flexibility index (Phi) is 5.75. The molecule has 4 aliphatic rings. The molecule has 4 heteroatoms. The van der Waals surface area contributed by atoms with Gasteiger partial charge in [0.25, 0.3) is 0 Å². The van der Waals surface area contributed by atoms with Crippen molar-refractivity contribution >= 4 is 11.9 Å². The van der Waals surface area contributed by atoms with E-state index in [1.54, 1.807) is 0 Å². The summed E-state index contributed by atoms with van der Waals surface area (Å²) in [6.07, 6.45) is 8.82. The third kappa shape index (κ3) is 4.42. The Morgan fingerprint density at radius 3 is 2.21 bits per heavy atom. The third-order valence-corrected chi connectivity index (χ3v) is 7.15. The molecule has 5 rings (SSSR count). The highest BCUT2D eigenvalue weighted by atomic mass is 16.5. The average molecular weight is 384 g/mol. The van der Waals surface area contributed by atoms with Crippen molar-refractivity contribution < 1.29 is 14.3 Å². The Balaban J connectivity index is 1.44. The van der Waals surface area contributed by atoms with Gasteiger partial charge in [-0.25, -0.2) is 0 Å². The standard InChI is InChI=1S/C24H33NO3/c1-2-28-23(27)8-9-25(17-18-6-4-3-5-7-18)22(26)16-24-13-19-10-20(14-24)12-21(11-19)15-24/h3-7,19-21H,2,8-17H2,1H3. The lowest BCUT2D eigenvalue weighted by Gasteiger charge is -2.57. The summed E-state index contributed by atoms with van der Waals surface area (Å²) in [6, 6.07) is 10.1. The van der Waals surface area contributed by atoms with Gasteiger partial charge in [-0.2, -0.15) is 0 Å². The van der Waals surface area contributed by atoms with E-state index in [9.17, 15) is 9.59 Å². The van der Waals surface area contributed by atoms with E-state index in [4.69, 9.17) is 4.74 Å². The lowest BCUT2D eigenvalue weighted by Crippen LogP contribution is -2.48. The molecule has 4 aliphatic carbocycles. The summed E-state index contributed by atoms with van der Waals surface area (Å²) < 4.78 is 5.08. The van der Waals surface area contributed by atoms with Crippen LogP contribution in [0.1, 0.15) is 63.9 Å². The maximum Gasteiger partial charge on any atom is 0.307 e. The number of esters is 1. The molecule has 1 amide bonds. The van der Waals surface area contributed by atoms with E-state index >= 15 is 0 Å². The quantitative estimate of drug-likeness (QED) is 0.618. The van der Waals surface area contributed by atoms with E-state index in [2.05, 4.69) is 12.1 Å². The average Bonchev–Trinajstić information content (AvgIpc) is 2.64. The van der Waals surface area contributed by atoms with E-state index < -0.39 is 0 Å². The van der Waals surface area contributed by atoms with Crippen LogP contribution in [-0.4, -0.2) is 29.9 Å². The second-order valence-corrected chi connectivity index (χ2v) is 9.45. The first kappa shape index (κ1) is 19.5. The predicted octanol–water partition coefficient (Wildman–Crippen LogP) is 4.57. The van der Waals surface area contributed by atoms with Crippen LogP contribution in [0.3, 0.4) is 0 Å². The molecule has 0 atom stereocenters. The highest BCUT2D eigenvalue weighted by molar-refractivity contribution is 5.78. The molecule has 0 N–H and O–H groups in total. The molecule has 0 saturated heterocycles. The number of amides is 1. The van der Waals surface area contributed by atoms with E-state index in [0.29, 0.717) is 26.1 Å². The van der Waals surface area contributed by atoms with Crippen LogP contribution in [0, 0.1) is 23.2 Å². The molecule has 4 saturated carbocycles. The number of benzene rings is 1. The fraction of sp³-hybridized carbons (Fsp3) is 0.667. The summed E-state index contributed by atoms with van der Waals surface area (Å²) >= 11 is 0. The Labute approximate surface area is 168 Å². The van der Waals surface area contributed by atoms with Gasteiger partial charge in [-0.3, -0.25) is 9.59 Å². The molecular weight excluding hydrogens is 350 g/mol. The molecule has 0 radical (unpaired) electrons. The predicted molar refractivity (Wildman–Crippen MR) is 108 cm³/mol. The molecule has 152 valence electrons. The minimum absolute atomic E-state index is 0.218. The van der Waals surface area contributed by atoms with Crippen LogP contribution in [-0.2, 0) is 20.9 Å². The number of carbonyl (C=O) groups is 2. The van der Waals surface area contributed by atoms with Crippen molar-refractivity contribution in [1.29, 1.82) is 0 Å². The fourth-order valence-corrected chi connectivity index (χ4v) is 6.49. The summed E-state index contributed by atoms with van der Waals surface area (Å²) in [5, 5.41) is 0. The van der Waals surface area contributed by atoms with Crippen molar-refractivity contribution in [3.05, 3.63) is 35.9 Å². The minimum Gasteiger partial charge on any atom is -0.466 e. The van der Waals surface area contributed by atoms with Gasteiger partial charge in [0.2, 0.25) is 5.91 Å². The molecule has 1 aromatic carbocycles. The molecule has 4 nitrogen and oxygen atoms in total. The maximum absolute atomic E-state index is 13.4. The number of hydrogen-bond acceptors (Lipinski definition) is 3. The lowest BCUT2D eigenvalue weighted by atomic mass is 9.49. The minimum atomic E-state index is -0.219. The largest absolute Gasteiger partial charge is 0.466 e. The number of carbonyl (C=O) groups excluding carboxylic acids is 2. The highest BCUT2D eigenvalue weighted by Gasteiger charge is 2.51. The zero-order valence-corrected chi connectivity index (χ0v) is 17.1. The summed E-state index contributed by atoms with van der Waals surface area (Å²) in [5.74, 6) is 2.54. The van der Waals surface area contributed by atoms with Gasteiger partial charge in [0.05, 0.1) is 13.0 Å². The van der Waals surface area contributed by atoms with Crippen LogP contribution in [0.5, 0.6) is 0 Å². The van der Waals surface area contributed by atoms with Gasteiger partial charge >= 0.3 is 5.97 Å². The number of ether oxygens (including phenoxy) is 1. The van der Waals surface area contributed by atoms with Gasteiger partial charge in [-0.1, -0.05) is 30.3 Å². The molecule has 0 heterocycles. The van der Waals surface area contributed by atoms with Crippen LogP contribution < -0.4 is 0 Å². The fourth-order valence-electron chi connectivity index (χ4n) is 6.49. The van der Waals surface area contributed by atoms with Crippen molar-refractivity contribution in [3.63, 3.8) is 0 Å². The third-order valence-electron chi connectivity index (χ3n) is 7.15. The van der Waals surface area contributed by atoms with Crippen molar-refractivity contribution in [3.8, 4) is 0 Å². The van der Waals surface area contributed by atoms with Crippen molar-refractivity contribution in [1.82, 2.24) is 4.90 Å². The molecule has 28 heavy (non-hydrogen) atoms. The van der Waals surface area contributed by atoms with Crippen LogP contribution in [0.4, 0.5) is 0 Å². The van der Waals surface area contributed by atoms with Crippen LogP contribution in [0.2, 0.25) is 0 Å². The monoisotopic (exact) mass is 383 g/mol. The van der Waals surface area contributed by atoms with Gasteiger partial charge < -0.3 is 9.64 Å². The Morgan fingerprint density at radius 1 is 1.04 bits per heavy atom. The molecule has 0 unspecified atom stereocenters. The number of hydrogen-bond donors (Lipinski definition) is 0. The Morgan fingerprint density at radius 2 is 1.64 bits per heavy atom. The van der Waals surface area contributed by atoms with Crippen LogP contribution in [0.15, 0.2) is 30.3 Å². The zero-order valence-electron chi connectivity index (χ0n) is 17.1. The number of nitrogens with zero attached hydrogens (tertiary/aromatic N) is 1. The zero-order chi connectivity index (χ0) is 19.6. The van der Waals surface area contributed by atoms with Crippen LogP contribution in [0.25, 0.3) is 0 Å². The summed E-state index contributed by atoms with van der Waals surface area (Å²) in [6.45, 7) is 3.22. The Bertz CT molecular complexity index is 664. The Hall–Kier alpha value is -1.84. The van der Waals surface area contributed by atoms with Crippen molar-refractivity contribution in [2.45, 2.75) is 64.8 Å². The van der Waals surface area contributed by atoms with Gasteiger partial charge in [-0.05, 0) is 74.2 Å². The highest BCUT2D eigenvalue weighted by Crippen LogP contribution is 2.61. The van der Waals surface area contributed by atoms with Gasteiger partial charge in [0.15, 0.2) is 0 Å². The first-order valence-electron chi connectivity index (χ1n) is 11.0. The second-order valence-electron chi connectivity index (χ2n) is 9.45. The summed E-state index contributed by atoms with van der Waals surface area (Å²) in [7, 11) is 0. The van der Waals surface area contributed by atoms with Crippen molar-refractivity contribution in [2.75, 3.05) is 13.2 Å². The van der Waals surface area contributed by atoms with Crippen molar-refractivity contribution in [2.24, 2.45) is 23.2 Å². The molecule has 0 aromatic heterocycles. The molecular formula is C24H33NO3. The van der Waals surface area contributed by atoms with E-state index in [1.165, 1.54) is 38.5 Å². The first-order valence-corrected chi connectivity index (χ1v) is 11.0. The van der Waals surface area contributed by atoms with Gasteiger partial charge in [-0.15, -0.1) is 0 Å². The van der Waals surface area contributed by atoms with Gasteiger partial charge in [0, 0.05) is 19.5 Å². The second kappa shape index (κ2) is 8.26. The SMILES string of the molecule is CCOC(=O)CCN(Cc1ccccc1)C(=O)CC12CC3CC(CC(C3)C1)C2. The molecule has 1 aromatic rings. The maximum atomic E-state index is 13.4. The molecule has 0 spiro atoms. The normalized spacial score (nSPS) is 30.2. The van der Waals surface area contributed by atoms with E-state index in [0.717, 1.165) is 23.3 Å². The molecule has 4 fully saturated rings. The van der Waals surface area contributed by atoms with Crippen LogP contribution >= 0.6 is 0 Å². The first-order chi connectivity index (χ1) is 13.5. The topological polar surface area (TPSA) is 46.6 Å². The summed E-state index contributed by atoms with van der Waals surface area (Å²) in [5.41, 5.74) is 1.34. The number of rotatable bonds is 8. The lowest BCUT2D eigenvalue weighted by molar-refractivity contribution is -0.145. The van der Waals surface area contributed by atoms with E-state index in [-0.39, 0.29) is 23.7 Å². The summed E-state index contributed by atoms with van der Waals surface area (Å²) in [4.78, 5) is 27.1. The van der Waals surface area contributed by atoms with E-state index in [1.807, 2.05) is 30.0 Å². The molecule has 4 bridgehead atoms. The smallest absolute Gasteiger partial charge is 0.307 e. The van der Waals surface area contributed by atoms with Gasteiger partial charge in [0.1, 0.15) is 0 Å².